The molecule has 3 rings (SSSR count). The van der Waals surface area contributed by atoms with E-state index in [-0.39, 0.29) is 18.4 Å². The molecule has 5 heteroatoms. The van der Waals surface area contributed by atoms with Crippen LogP contribution in [-0.4, -0.2) is 24.2 Å². The Morgan fingerprint density at radius 3 is 2.83 bits per heavy atom. The minimum Gasteiger partial charge on any atom is -0.451 e. The van der Waals surface area contributed by atoms with Gasteiger partial charge in [0, 0.05) is 23.4 Å². The highest BCUT2D eigenvalue weighted by Crippen LogP contribution is 2.27. The summed E-state index contributed by atoms with van der Waals surface area (Å²) in [5.41, 5.74) is 0.717. The minimum absolute atomic E-state index is 0.153. The van der Waals surface area contributed by atoms with Gasteiger partial charge in [-0.2, -0.15) is 0 Å². The van der Waals surface area contributed by atoms with E-state index in [0.717, 1.165) is 17.4 Å². The van der Waals surface area contributed by atoms with Crippen LogP contribution in [0.2, 0.25) is 0 Å². The maximum atomic E-state index is 12.2. The largest absolute Gasteiger partial charge is 0.451 e. The molecule has 0 radical (unpaired) electrons. The number of para-hydroxylation sites is 1. The number of nitrogens with one attached hydrogen (secondary N) is 1. The fourth-order valence-electron chi connectivity index (χ4n) is 2.65. The van der Waals surface area contributed by atoms with E-state index < -0.39 is 0 Å². The van der Waals surface area contributed by atoms with Crippen molar-refractivity contribution in [2.45, 2.75) is 18.8 Å². The quantitative estimate of drug-likeness (QED) is 0.693. The molecule has 2 heterocycles. The first-order valence-electron chi connectivity index (χ1n) is 7.69. The lowest BCUT2D eigenvalue weighted by molar-refractivity contribution is 0.0926. The molecule has 2 aromatic heterocycles. The highest BCUT2D eigenvalue weighted by atomic mass is 32.1. The maximum Gasteiger partial charge on any atom is 0.287 e. The van der Waals surface area contributed by atoms with Crippen molar-refractivity contribution in [1.29, 1.82) is 0 Å². The van der Waals surface area contributed by atoms with E-state index >= 15 is 0 Å². The van der Waals surface area contributed by atoms with Crippen molar-refractivity contribution in [3.05, 3.63) is 58.5 Å². The van der Waals surface area contributed by atoms with Gasteiger partial charge in [0.1, 0.15) is 5.58 Å². The Morgan fingerprint density at radius 1 is 1.22 bits per heavy atom. The molecule has 1 amide bonds. The average molecular weight is 329 g/mol. The van der Waals surface area contributed by atoms with E-state index in [2.05, 4.69) is 11.4 Å². The number of aliphatic hydroxyl groups is 1. The number of thiophene rings is 1. The van der Waals surface area contributed by atoms with E-state index in [0.29, 0.717) is 18.7 Å². The van der Waals surface area contributed by atoms with Crippen molar-refractivity contribution in [1.82, 2.24) is 5.32 Å². The summed E-state index contributed by atoms with van der Waals surface area (Å²) in [6.07, 6.45) is 1.51. The van der Waals surface area contributed by atoms with Crippen LogP contribution in [0.1, 0.15) is 34.2 Å². The molecule has 4 nitrogen and oxygen atoms in total. The number of hydrogen-bond acceptors (Lipinski definition) is 4. The van der Waals surface area contributed by atoms with Gasteiger partial charge in [-0.1, -0.05) is 24.3 Å². The second-order valence-electron chi connectivity index (χ2n) is 5.42. The van der Waals surface area contributed by atoms with E-state index in [1.807, 2.05) is 35.7 Å². The number of benzene rings is 1. The zero-order chi connectivity index (χ0) is 16.1. The average Bonchev–Trinajstić information content (AvgIpc) is 3.23. The second-order valence-corrected chi connectivity index (χ2v) is 6.40. The molecule has 3 aromatic rings. The fourth-order valence-corrected chi connectivity index (χ4v) is 3.55. The Morgan fingerprint density at radius 2 is 2.09 bits per heavy atom. The summed E-state index contributed by atoms with van der Waals surface area (Å²) in [7, 11) is 0. The van der Waals surface area contributed by atoms with Gasteiger partial charge >= 0.3 is 0 Å². The summed E-state index contributed by atoms with van der Waals surface area (Å²) in [6.45, 7) is 0.707. The summed E-state index contributed by atoms with van der Waals surface area (Å²) in [5.74, 6) is 0.409. The first-order valence-corrected chi connectivity index (χ1v) is 8.57. The summed E-state index contributed by atoms with van der Waals surface area (Å²) in [4.78, 5) is 13.4. The third-order valence-electron chi connectivity index (χ3n) is 3.85. The molecule has 0 aliphatic heterocycles. The molecule has 0 saturated heterocycles. The zero-order valence-corrected chi connectivity index (χ0v) is 13.5. The van der Waals surface area contributed by atoms with Crippen molar-refractivity contribution in [2.75, 3.05) is 13.2 Å². The maximum absolute atomic E-state index is 12.2. The predicted octanol–water partition coefficient (Wildman–Crippen LogP) is 3.78. The Labute approximate surface area is 138 Å². The van der Waals surface area contributed by atoms with Gasteiger partial charge < -0.3 is 14.8 Å². The number of aliphatic hydroxyl groups excluding tert-OH is 1. The summed E-state index contributed by atoms with van der Waals surface area (Å²) < 4.78 is 5.56. The Kier molecular flexibility index (Phi) is 5.10. The van der Waals surface area contributed by atoms with Crippen molar-refractivity contribution < 1.29 is 14.3 Å². The number of rotatable bonds is 7. The summed E-state index contributed by atoms with van der Waals surface area (Å²) in [6, 6.07) is 13.4. The first kappa shape index (κ1) is 15.8. The molecule has 0 saturated carbocycles. The van der Waals surface area contributed by atoms with Crippen molar-refractivity contribution in [2.24, 2.45) is 0 Å². The van der Waals surface area contributed by atoms with Crippen molar-refractivity contribution in [3.63, 3.8) is 0 Å². The van der Waals surface area contributed by atoms with Crippen LogP contribution < -0.4 is 5.32 Å². The lowest BCUT2D eigenvalue weighted by atomic mass is 10.00. The highest BCUT2D eigenvalue weighted by molar-refractivity contribution is 7.10. The van der Waals surface area contributed by atoms with Crippen molar-refractivity contribution in [3.8, 4) is 0 Å². The normalized spacial score (nSPS) is 12.4. The Bertz CT molecular complexity index is 731. The van der Waals surface area contributed by atoms with Crippen LogP contribution in [0.25, 0.3) is 11.0 Å². The van der Waals surface area contributed by atoms with Gasteiger partial charge in [-0.15, -0.1) is 11.3 Å². The smallest absolute Gasteiger partial charge is 0.287 e. The number of carbonyl (C=O) groups is 1. The van der Waals surface area contributed by atoms with Gasteiger partial charge in [-0.05, 0) is 42.3 Å². The van der Waals surface area contributed by atoms with E-state index in [1.54, 1.807) is 17.4 Å². The van der Waals surface area contributed by atoms with Crippen molar-refractivity contribution >= 4 is 28.2 Å². The van der Waals surface area contributed by atoms with Crippen LogP contribution >= 0.6 is 11.3 Å². The molecule has 0 spiro atoms. The van der Waals surface area contributed by atoms with Crippen LogP contribution in [0.5, 0.6) is 0 Å². The summed E-state index contributed by atoms with van der Waals surface area (Å²) >= 11 is 1.69. The number of fused-ring (bicyclic) bond motifs is 1. The lowest BCUT2D eigenvalue weighted by Gasteiger charge is -2.14. The van der Waals surface area contributed by atoms with Gasteiger partial charge in [0.05, 0.1) is 0 Å². The van der Waals surface area contributed by atoms with Crippen LogP contribution in [0, 0.1) is 0 Å². The summed E-state index contributed by atoms with van der Waals surface area (Å²) in [5, 5.41) is 15.1. The number of carbonyl (C=O) groups excluding carboxylic acids is 1. The van der Waals surface area contributed by atoms with E-state index in [9.17, 15) is 9.90 Å². The van der Waals surface area contributed by atoms with Gasteiger partial charge in [0.25, 0.3) is 5.91 Å². The molecule has 0 bridgehead atoms. The standard InChI is InChI=1S/C18H19NO3S/c20-10-8-13(17-6-3-11-23-17)7-9-19-18(21)16-12-14-4-1-2-5-15(14)22-16/h1-6,11-13,20H,7-10H2,(H,19,21)/t13-/m0/s1. The molecule has 0 fully saturated rings. The molecule has 1 atom stereocenters. The second kappa shape index (κ2) is 7.44. The fraction of sp³-hybridized carbons (Fsp3) is 0.278. The van der Waals surface area contributed by atoms with Crippen LogP contribution in [0.4, 0.5) is 0 Å². The van der Waals surface area contributed by atoms with Gasteiger partial charge in [0.15, 0.2) is 5.76 Å². The molecule has 2 N–H and O–H groups in total. The minimum atomic E-state index is -0.199. The molecule has 23 heavy (non-hydrogen) atoms. The SMILES string of the molecule is O=C(NCC[C@@H](CCO)c1cccs1)c1cc2ccccc2o1. The van der Waals surface area contributed by atoms with Gasteiger partial charge in [0.2, 0.25) is 0 Å². The monoisotopic (exact) mass is 329 g/mol. The molecule has 0 aliphatic carbocycles. The topological polar surface area (TPSA) is 62.5 Å². The third kappa shape index (κ3) is 3.81. The van der Waals surface area contributed by atoms with Gasteiger partial charge in [-0.3, -0.25) is 4.79 Å². The number of hydrogen-bond donors (Lipinski definition) is 2. The Balaban J connectivity index is 1.57. The number of amides is 1. The lowest BCUT2D eigenvalue weighted by Crippen LogP contribution is -2.25. The van der Waals surface area contributed by atoms with E-state index in [1.165, 1.54) is 4.88 Å². The van der Waals surface area contributed by atoms with E-state index in [4.69, 9.17) is 4.42 Å². The molecule has 1 aromatic carbocycles. The molecular formula is C18H19NO3S. The zero-order valence-electron chi connectivity index (χ0n) is 12.7. The van der Waals surface area contributed by atoms with Gasteiger partial charge in [-0.25, -0.2) is 0 Å². The predicted molar refractivity (Wildman–Crippen MR) is 91.9 cm³/mol. The molecule has 0 aliphatic rings. The molecular weight excluding hydrogens is 310 g/mol. The molecule has 0 unspecified atom stereocenters. The van der Waals surface area contributed by atoms with Crippen LogP contribution in [-0.2, 0) is 0 Å². The number of furan rings is 1. The third-order valence-corrected chi connectivity index (χ3v) is 4.89. The molecule has 120 valence electrons. The first-order chi connectivity index (χ1) is 11.3. The van der Waals surface area contributed by atoms with Crippen LogP contribution in [0.3, 0.4) is 0 Å². The van der Waals surface area contributed by atoms with Crippen LogP contribution in [0.15, 0.2) is 52.3 Å². The Hall–Kier alpha value is -2.11. The highest BCUT2D eigenvalue weighted by Gasteiger charge is 2.15.